The van der Waals surface area contributed by atoms with Crippen LogP contribution in [0.1, 0.15) is 59.3 Å². The van der Waals surface area contributed by atoms with E-state index < -0.39 is 0 Å². The van der Waals surface area contributed by atoms with Crippen molar-refractivity contribution in [3.05, 3.63) is 0 Å². The molecule has 3 heteroatoms. The van der Waals surface area contributed by atoms with Crippen molar-refractivity contribution in [1.29, 1.82) is 0 Å². The second kappa shape index (κ2) is 6.97. The maximum absolute atomic E-state index is 6.03. The van der Waals surface area contributed by atoms with Crippen molar-refractivity contribution in [3.63, 3.8) is 0 Å². The Morgan fingerprint density at radius 1 is 1.19 bits per heavy atom. The van der Waals surface area contributed by atoms with Gasteiger partial charge in [0.05, 0.1) is 12.7 Å². The number of rotatable bonds is 4. The van der Waals surface area contributed by atoms with Gasteiger partial charge >= 0.3 is 0 Å². The number of fused-ring (bicyclic) bond motifs is 1. The van der Waals surface area contributed by atoms with Gasteiger partial charge in [-0.1, -0.05) is 20.8 Å². The number of ether oxygens (including phenoxy) is 1. The van der Waals surface area contributed by atoms with E-state index in [1.165, 1.54) is 45.1 Å². The lowest BCUT2D eigenvalue weighted by molar-refractivity contribution is -0.0934. The van der Waals surface area contributed by atoms with Gasteiger partial charge in [0.1, 0.15) is 0 Å². The molecule has 122 valence electrons. The maximum atomic E-state index is 6.03. The fourth-order valence-electron chi connectivity index (χ4n) is 5.26. The summed E-state index contributed by atoms with van der Waals surface area (Å²) in [4.78, 5) is 2.85. The van der Waals surface area contributed by atoms with Crippen LogP contribution in [0.15, 0.2) is 0 Å². The van der Waals surface area contributed by atoms with Crippen molar-refractivity contribution in [2.75, 3.05) is 19.7 Å². The number of nitrogens with zero attached hydrogens (tertiary/aromatic N) is 1. The third-order valence-corrected chi connectivity index (χ3v) is 5.99. The predicted molar refractivity (Wildman–Crippen MR) is 87.5 cm³/mol. The van der Waals surface area contributed by atoms with Crippen molar-refractivity contribution < 1.29 is 4.74 Å². The van der Waals surface area contributed by atoms with Crippen LogP contribution in [-0.2, 0) is 4.74 Å². The molecule has 6 unspecified atom stereocenters. The van der Waals surface area contributed by atoms with Gasteiger partial charge in [-0.15, -0.1) is 0 Å². The van der Waals surface area contributed by atoms with Gasteiger partial charge in [-0.2, -0.15) is 0 Å². The van der Waals surface area contributed by atoms with Crippen molar-refractivity contribution in [1.82, 2.24) is 10.2 Å². The minimum absolute atomic E-state index is 0.525. The van der Waals surface area contributed by atoms with Gasteiger partial charge < -0.3 is 10.1 Å². The molecular weight excluding hydrogens is 260 g/mol. The van der Waals surface area contributed by atoms with Crippen LogP contribution in [0.5, 0.6) is 0 Å². The summed E-state index contributed by atoms with van der Waals surface area (Å²) in [6, 6.07) is 2.11. The molecule has 0 aromatic heterocycles. The Balaban J connectivity index is 1.75. The molecule has 21 heavy (non-hydrogen) atoms. The lowest BCUT2D eigenvalue weighted by Gasteiger charge is -2.51. The van der Waals surface area contributed by atoms with E-state index in [-0.39, 0.29) is 0 Å². The molecule has 2 aliphatic carbocycles. The van der Waals surface area contributed by atoms with E-state index in [0.29, 0.717) is 18.2 Å². The molecule has 3 rings (SSSR count). The van der Waals surface area contributed by atoms with Gasteiger partial charge in [0.15, 0.2) is 0 Å². The molecule has 3 fully saturated rings. The third kappa shape index (κ3) is 3.30. The zero-order valence-corrected chi connectivity index (χ0v) is 14.2. The molecule has 1 aliphatic heterocycles. The van der Waals surface area contributed by atoms with Crippen LogP contribution in [-0.4, -0.2) is 48.8 Å². The van der Waals surface area contributed by atoms with Crippen LogP contribution in [0, 0.1) is 11.8 Å². The first-order chi connectivity index (χ1) is 10.2. The number of hydrogen-bond acceptors (Lipinski definition) is 3. The molecule has 0 aromatic rings. The summed E-state index contributed by atoms with van der Waals surface area (Å²) >= 11 is 0. The Morgan fingerprint density at radius 2 is 2.05 bits per heavy atom. The summed E-state index contributed by atoms with van der Waals surface area (Å²) in [6.45, 7) is 10.5. The zero-order valence-electron chi connectivity index (χ0n) is 14.2. The predicted octanol–water partition coefficient (Wildman–Crippen LogP) is 3.04. The van der Waals surface area contributed by atoms with E-state index in [1.807, 2.05) is 0 Å². The summed E-state index contributed by atoms with van der Waals surface area (Å²) < 4.78 is 6.03. The van der Waals surface area contributed by atoms with Gasteiger partial charge in [-0.3, -0.25) is 4.90 Å². The van der Waals surface area contributed by atoms with E-state index in [4.69, 9.17) is 4.74 Å². The fraction of sp³-hybridized carbons (Fsp3) is 1.00. The molecule has 0 spiro atoms. The van der Waals surface area contributed by atoms with Crippen molar-refractivity contribution in [2.45, 2.75) is 83.5 Å². The fourth-order valence-corrected chi connectivity index (χ4v) is 5.26. The molecule has 1 heterocycles. The molecule has 1 saturated heterocycles. The highest BCUT2D eigenvalue weighted by Crippen LogP contribution is 2.38. The molecule has 0 bridgehead atoms. The minimum atomic E-state index is 0.525. The SMILES string of the molecule is CCCNC1CC(C)CC(C)C1N1CCOC2CCCC21. The largest absolute Gasteiger partial charge is 0.375 e. The first kappa shape index (κ1) is 15.8. The van der Waals surface area contributed by atoms with Crippen LogP contribution in [0.2, 0.25) is 0 Å². The van der Waals surface area contributed by atoms with Gasteiger partial charge in [0.25, 0.3) is 0 Å². The molecule has 0 radical (unpaired) electrons. The van der Waals surface area contributed by atoms with E-state index in [0.717, 1.165) is 31.0 Å². The van der Waals surface area contributed by atoms with Gasteiger partial charge in [0.2, 0.25) is 0 Å². The van der Waals surface area contributed by atoms with Gasteiger partial charge in [0, 0.05) is 24.7 Å². The number of nitrogens with one attached hydrogen (secondary N) is 1. The van der Waals surface area contributed by atoms with Crippen LogP contribution in [0.4, 0.5) is 0 Å². The minimum Gasteiger partial charge on any atom is -0.375 e. The van der Waals surface area contributed by atoms with Crippen LogP contribution in [0.3, 0.4) is 0 Å². The normalized spacial score (nSPS) is 44.7. The molecule has 3 aliphatic rings. The Hall–Kier alpha value is -0.120. The Labute approximate surface area is 130 Å². The average molecular weight is 294 g/mol. The summed E-state index contributed by atoms with van der Waals surface area (Å²) in [5.41, 5.74) is 0. The van der Waals surface area contributed by atoms with Crippen molar-refractivity contribution in [2.24, 2.45) is 11.8 Å². The third-order valence-electron chi connectivity index (χ3n) is 5.99. The summed E-state index contributed by atoms with van der Waals surface area (Å²) in [5.74, 6) is 1.67. The Bertz CT molecular complexity index is 335. The van der Waals surface area contributed by atoms with E-state index in [2.05, 4.69) is 31.0 Å². The zero-order chi connectivity index (χ0) is 14.8. The first-order valence-electron chi connectivity index (χ1n) is 9.31. The van der Waals surface area contributed by atoms with E-state index in [9.17, 15) is 0 Å². The van der Waals surface area contributed by atoms with Gasteiger partial charge in [-0.05, 0) is 56.9 Å². The van der Waals surface area contributed by atoms with Gasteiger partial charge in [-0.25, -0.2) is 0 Å². The van der Waals surface area contributed by atoms with Crippen LogP contribution < -0.4 is 5.32 Å². The standard InChI is InChI=1S/C18H34N2O/c1-4-8-19-15-12-13(2)11-14(3)18(15)20-9-10-21-17-7-5-6-16(17)20/h13-19H,4-12H2,1-3H3. The number of hydrogen-bond donors (Lipinski definition) is 1. The maximum Gasteiger partial charge on any atom is 0.0731 e. The first-order valence-corrected chi connectivity index (χ1v) is 9.31. The smallest absolute Gasteiger partial charge is 0.0731 e. The summed E-state index contributed by atoms with van der Waals surface area (Å²) in [6.07, 6.45) is 8.50. The topological polar surface area (TPSA) is 24.5 Å². The highest BCUT2D eigenvalue weighted by molar-refractivity contribution is 5.00. The molecule has 0 aromatic carbocycles. The molecule has 3 nitrogen and oxygen atoms in total. The Morgan fingerprint density at radius 3 is 2.86 bits per heavy atom. The lowest BCUT2D eigenvalue weighted by atomic mass is 9.75. The monoisotopic (exact) mass is 294 g/mol. The highest BCUT2D eigenvalue weighted by atomic mass is 16.5. The molecule has 0 amide bonds. The summed E-state index contributed by atoms with van der Waals surface area (Å²) in [5, 5.41) is 3.88. The van der Waals surface area contributed by atoms with Crippen LogP contribution in [0.25, 0.3) is 0 Å². The van der Waals surface area contributed by atoms with Crippen LogP contribution >= 0.6 is 0 Å². The molecule has 1 N–H and O–H groups in total. The molecular formula is C18H34N2O. The molecule has 2 saturated carbocycles. The average Bonchev–Trinajstić information content (AvgIpc) is 2.93. The van der Waals surface area contributed by atoms with E-state index >= 15 is 0 Å². The Kier molecular flexibility index (Phi) is 5.23. The number of morpholine rings is 1. The summed E-state index contributed by atoms with van der Waals surface area (Å²) in [7, 11) is 0. The second-order valence-corrected chi connectivity index (χ2v) is 7.75. The quantitative estimate of drug-likeness (QED) is 0.862. The van der Waals surface area contributed by atoms with Crippen molar-refractivity contribution >= 4 is 0 Å². The highest BCUT2D eigenvalue weighted by Gasteiger charge is 2.45. The van der Waals surface area contributed by atoms with E-state index in [1.54, 1.807) is 0 Å². The molecule has 6 atom stereocenters. The van der Waals surface area contributed by atoms with Crippen molar-refractivity contribution in [3.8, 4) is 0 Å². The lowest BCUT2D eigenvalue weighted by Crippen LogP contribution is -2.63. The second-order valence-electron chi connectivity index (χ2n) is 7.75.